The molecule has 0 aliphatic rings. The lowest BCUT2D eigenvalue weighted by Gasteiger charge is -2.13. The molecule has 0 spiro atoms. The van der Waals surface area contributed by atoms with Gasteiger partial charge in [0.25, 0.3) is 11.5 Å². The van der Waals surface area contributed by atoms with E-state index in [9.17, 15) is 9.59 Å². The van der Waals surface area contributed by atoms with Crippen LogP contribution in [0.1, 0.15) is 55.5 Å². The number of aromatic nitrogens is 3. The van der Waals surface area contributed by atoms with Gasteiger partial charge in [0.15, 0.2) is 17.1 Å². The first-order chi connectivity index (χ1) is 15.8. The first-order valence-corrected chi connectivity index (χ1v) is 11.6. The molecule has 3 aromatic rings. The average molecular weight is 475 g/mol. The van der Waals surface area contributed by atoms with Gasteiger partial charge >= 0.3 is 0 Å². The summed E-state index contributed by atoms with van der Waals surface area (Å²) in [5, 5.41) is 12.7. The number of unbranched alkanes of at least 4 members (excludes halogenated alkanes) is 1. The summed E-state index contributed by atoms with van der Waals surface area (Å²) in [5.41, 5.74) is 1.29. The molecule has 2 N–H and O–H groups in total. The number of amides is 1. The summed E-state index contributed by atoms with van der Waals surface area (Å²) in [5.74, 6) is 0.504. The van der Waals surface area contributed by atoms with Crippen molar-refractivity contribution in [1.82, 2.24) is 19.4 Å². The topological polar surface area (TPSA) is 98.4 Å². The van der Waals surface area contributed by atoms with Crippen molar-refractivity contribution < 1.29 is 14.6 Å². The number of benzene rings is 1. The fourth-order valence-electron chi connectivity index (χ4n) is 3.78. The maximum atomic E-state index is 13.7. The van der Waals surface area contributed by atoms with Crippen molar-refractivity contribution in [2.75, 3.05) is 13.2 Å². The maximum absolute atomic E-state index is 13.7. The summed E-state index contributed by atoms with van der Waals surface area (Å²) in [6.45, 7) is 6.42. The van der Waals surface area contributed by atoms with Gasteiger partial charge in [0.2, 0.25) is 0 Å². The molecule has 0 bridgehead atoms. The Labute approximate surface area is 198 Å². The number of carbonyl (C=O) groups excluding carboxylic acids is 1. The number of aliphatic hydroxyl groups excluding tert-OH is 1. The van der Waals surface area contributed by atoms with Crippen molar-refractivity contribution in [3.05, 3.63) is 56.7 Å². The monoisotopic (exact) mass is 474 g/mol. The third kappa shape index (κ3) is 5.39. The second kappa shape index (κ2) is 10.9. The average Bonchev–Trinajstić information content (AvgIpc) is 3.03. The highest BCUT2D eigenvalue weighted by Gasteiger charge is 2.28. The highest BCUT2D eigenvalue weighted by atomic mass is 35.5. The van der Waals surface area contributed by atoms with Crippen LogP contribution in [0.25, 0.3) is 11.0 Å². The zero-order valence-electron chi connectivity index (χ0n) is 19.5. The van der Waals surface area contributed by atoms with Crippen LogP contribution in [0.5, 0.6) is 5.75 Å². The largest absolute Gasteiger partial charge is 0.488 e. The van der Waals surface area contributed by atoms with E-state index in [1.54, 1.807) is 22.2 Å². The SMILES string of the molecule is CCc1nc2c(c(OC(C)C)c(C(=O)NCCCCO)n2C)c(=O)n1Cc1cccc(Cl)c1. The Morgan fingerprint density at radius 2 is 2.06 bits per heavy atom. The zero-order valence-corrected chi connectivity index (χ0v) is 20.3. The van der Waals surface area contributed by atoms with Crippen molar-refractivity contribution in [2.24, 2.45) is 7.05 Å². The van der Waals surface area contributed by atoms with E-state index < -0.39 is 0 Å². The highest BCUT2D eigenvalue weighted by molar-refractivity contribution is 6.30. The predicted molar refractivity (Wildman–Crippen MR) is 129 cm³/mol. The van der Waals surface area contributed by atoms with Crippen LogP contribution in [-0.2, 0) is 20.0 Å². The molecule has 0 atom stereocenters. The van der Waals surface area contributed by atoms with Crippen LogP contribution in [-0.4, -0.2) is 44.4 Å². The molecule has 0 fully saturated rings. The second-order valence-electron chi connectivity index (χ2n) is 8.19. The number of nitrogens with zero attached hydrogens (tertiary/aromatic N) is 3. The van der Waals surface area contributed by atoms with E-state index >= 15 is 0 Å². The van der Waals surface area contributed by atoms with E-state index in [0.29, 0.717) is 48.8 Å². The molecular formula is C24H31ClN4O4. The van der Waals surface area contributed by atoms with Crippen molar-refractivity contribution in [3.8, 4) is 5.75 Å². The zero-order chi connectivity index (χ0) is 24.1. The van der Waals surface area contributed by atoms with Gasteiger partial charge in [0.05, 0.1) is 12.6 Å². The lowest BCUT2D eigenvalue weighted by molar-refractivity contribution is 0.0938. The van der Waals surface area contributed by atoms with Gasteiger partial charge in [-0.25, -0.2) is 4.98 Å². The van der Waals surface area contributed by atoms with Crippen LogP contribution in [0, 0.1) is 0 Å². The number of nitrogens with one attached hydrogen (secondary N) is 1. The van der Waals surface area contributed by atoms with Gasteiger partial charge in [0.1, 0.15) is 11.2 Å². The minimum Gasteiger partial charge on any atom is -0.488 e. The molecule has 9 heteroatoms. The summed E-state index contributed by atoms with van der Waals surface area (Å²) in [7, 11) is 1.71. The lowest BCUT2D eigenvalue weighted by Crippen LogP contribution is -2.27. The molecule has 0 unspecified atom stereocenters. The van der Waals surface area contributed by atoms with Gasteiger partial charge in [-0.05, 0) is 44.4 Å². The maximum Gasteiger partial charge on any atom is 0.271 e. The van der Waals surface area contributed by atoms with Crippen LogP contribution in [0.4, 0.5) is 0 Å². The van der Waals surface area contributed by atoms with Crippen LogP contribution in [0.2, 0.25) is 5.02 Å². The van der Waals surface area contributed by atoms with Gasteiger partial charge in [-0.3, -0.25) is 14.2 Å². The van der Waals surface area contributed by atoms with Crippen LogP contribution in [0.3, 0.4) is 0 Å². The molecule has 0 aliphatic carbocycles. The summed E-state index contributed by atoms with van der Waals surface area (Å²) >= 11 is 6.14. The van der Waals surface area contributed by atoms with E-state index in [2.05, 4.69) is 5.32 Å². The fourth-order valence-corrected chi connectivity index (χ4v) is 4.00. The molecule has 0 radical (unpaired) electrons. The number of rotatable bonds is 10. The Bertz CT molecular complexity index is 1200. The summed E-state index contributed by atoms with van der Waals surface area (Å²) in [6, 6.07) is 7.35. The van der Waals surface area contributed by atoms with E-state index in [-0.39, 0.29) is 41.0 Å². The second-order valence-corrected chi connectivity index (χ2v) is 8.63. The normalized spacial score (nSPS) is 11.4. The minimum atomic E-state index is -0.345. The Morgan fingerprint density at radius 3 is 2.70 bits per heavy atom. The first-order valence-electron chi connectivity index (χ1n) is 11.2. The number of halogens is 1. The van der Waals surface area contributed by atoms with E-state index in [4.69, 9.17) is 26.4 Å². The molecule has 0 aliphatic heterocycles. The van der Waals surface area contributed by atoms with Crippen molar-refractivity contribution in [1.29, 1.82) is 0 Å². The molecule has 178 valence electrons. The summed E-state index contributed by atoms with van der Waals surface area (Å²) in [4.78, 5) is 31.5. The molecular weight excluding hydrogens is 444 g/mol. The third-order valence-corrected chi connectivity index (χ3v) is 5.54. The number of aliphatic hydroxyl groups is 1. The Balaban J connectivity index is 2.17. The van der Waals surface area contributed by atoms with Gasteiger partial charge in [-0.1, -0.05) is 30.7 Å². The number of hydrogen-bond acceptors (Lipinski definition) is 5. The Kier molecular flexibility index (Phi) is 8.15. The predicted octanol–water partition coefficient (Wildman–Crippen LogP) is 3.29. The molecule has 8 nitrogen and oxygen atoms in total. The molecule has 3 rings (SSSR count). The number of ether oxygens (including phenoxy) is 1. The quantitative estimate of drug-likeness (QED) is 0.439. The van der Waals surface area contributed by atoms with Gasteiger partial charge in [-0.2, -0.15) is 0 Å². The van der Waals surface area contributed by atoms with E-state index in [0.717, 1.165) is 5.56 Å². The van der Waals surface area contributed by atoms with E-state index in [1.165, 1.54) is 0 Å². The standard InChI is InChI=1S/C24H31ClN4O4/c1-5-18-27-22-19(24(32)29(18)14-16-9-8-10-17(25)13-16)21(33-15(2)3)20(28(22)4)23(31)26-11-6-7-12-30/h8-10,13,15,30H,5-7,11-12,14H2,1-4H3,(H,26,31). The Hall–Kier alpha value is -2.84. The number of fused-ring (bicyclic) bond motifs is 1. The molecule has 1 amide bonds. The number of hydrogen-bond donors (Lipinski definition) is 2. The molecule has 2 aromatic heterocycles. The smallest absolute Gasteiger partial charge is 0.271 e. The van der Waals surface area contributed by atoms with Crippen molar-refractivity contribution in [3.63, 3.8) is 0 Å². The first kappa shape index (κ1) is 24.8. The van der Waals surface area contributed by atoms with Crippen LogP contribution >= 0.6 is 11.6 Å². The number of carbonyl (C=O) groups is 1. The van der Waals surface area contributed by atoms with Gasteiger partial charge in [-0.15, -0.1) is 0 Å². The molecule has 0 saturated carbocycles. The molecule has 33 heavy (non-hydrogen) atoms. The summed E-state index contributed by atoms with van der Waals surface area (Å²) < 4.78 is 9.25. The summed E-state index contributed by atoms with van der Waals surface area (Å²) in [6.07, 6.45) is 1.54. The van der Waals surface area contributed by atoms with Crippen LogP contribution < -0.4 is 15.6 Å². The van der Waals surface area contributed by atoms with Crippen molar-refractivity contribution >= 4 is 28.5 Å². The van der Waals surface area contributed by atoms with Crippen molar-refractivity contribution in [2.45, 2.75) is 52.7 Å². The van der Waals surface area contributed by atoms with Crippen LogP contribution in [0.15, 0.2) is 29.1 Å². The highest BCUT2D eigenvalue weighted by Crippen LogP contribution is 2.31. The minimum absolute atomic E-state index is 0.0709. The molecule has 2 heterocycles. The fraction of sp³-hybridized carbons (Fsp3) is 0.458. The molecule has 1 aromatic carbocycles. The van der Waals surface area contributed by atoms with Gasteiger partial charge in [0, 0.05) is 31.6 Å². The molecule has 0 saturated heterocycles. The third-order valence-electron chi connectivity index (χ3n) is 5.31. The van der Waals surface area contributed by atoms with E-state index in [1.807, 2.05) is 39.0 Å². The Morgan fingerprint density at radius 1 is 1.30 bits per heavy atom. The number of aryl methyl sites for hydroxylation is 2. The lowest BCUT2D eigenvalue weighted by atomic mass is 10.2. The van der Waals surface area contributed by atoms with Gasteiger partial charge < -0.3 is 19.7 Å².